The molecule has 1 aliphatic rings. The van der Waals surface area contributed by atoms with Crippen LogP contribution in [0, 0.1) is 5.82 Å². The number of fused-ring (bicyclic) bond motifs is 1. The van der Waals surface area contributed by atoms with E-state index in [-0.39, 0.29) is 11.9 Å². The molecule has 0 amide bonds. The van der Waals surface area contributed by atoms with Crippen LogP contribution in [0.2, 0.25) is 0 Å². The van der Waals surface area contributed by atoms with Gasteiger partial charge in [0.2, 0.25) is 0 Å². The Balaban J connectivity index is 0.000000303. The zero-order valence-corrected chi connectivity index (χ0v) is 21.8. The van der Waals surface area contributed by atoms with Crippen molar-refractivity contribution >= 4 is 17.5 Å². The number of aromatic nitrogens is 4. The Bertz CT molecular complexity index is 1490. The molecule has 5 rings (SSSR count). The highest BCUT2D eigenvalue weighted by molar-refractivity contribution is 5.73. The van der Waals surface area contributed by atoms with E-state index in [9.17, 15) is 30.7 Å². The van der Waals surface area contributed by atoms with Crippen LogP contribution in [0.25, 0.3) is 16.6 Å². The van der Waals surface area contributed by atoms with Crippen LogP contribution in [-0.4, -0.2) is 78.9 Å². The smallest absolute Gasteiger partial charge is 0.475 e. The molecule has 43 heavy (non-hydrogen) atoms. The van der Waals surface area contributed by atoms with E-state index in [0.717, 1.165) is 47.5 Å². The maximum atomic E-state index is 13.1. The first kappa shape index (κ1) is 32.9. The van der Waals surface area contributed by atoms with Gasteiger partial charge < -0.3 is 14.9 Å². The fraction of sp³-hybridized carbons (Fsp3) is 0.269. The van der Waals surface area contributed by atoms with Crippen molar-refractivity contribution in [2.45, 2.75) is 25.0 Å². The third-order valence-electron chi connectivity index (χ3n) is 5.70. The summed E-state index contributed by atoms with van der Waals surface area (Å²) in [6.07, 6.45) is -4.77. The standard InChI is InChI=1S/C22H20FN5O.2C2HF3O2/c23-19-6-3-16(4-7-19)13-27-10-11-29-21(15-27)22-20-8-5-18(14-28(20)26-25-22)17-2-1-9-24-12-17;2*3-2(4,5)1(6)7/h1-9,12,14,21H,10-11,13,15H2;2*(H,6,7). The van der Waals surface area contributed by atoms with Crippen LogP contribution in [-0.2, 0) is 20.9 Å². The molecule has 1 aliphatic heterocycles. The summed E-state index contributed by atoms with van der Waals surface area (Å²) in [5.74, 6) is -5.73. The van der Waals surface area contributed by atoms with Crippen LogP contribution in [0.3, 0.4) is 0 Å². The molecule has 1 saturated heterocycles. The van der Waals surface area contributed by atoms with Gasteiger partial charge in [0, 0.05) is 49.4 Å². The lowest BCUT2D eigenvalue weighted by atomic mass is 10.1. The van der Waals surface area contributed by atoms with Gasteiger partial charge in [0.05, 0.1) is 12.1 Å². The number of aliphatic carboxylic acids is 2. The van der Waals surface area contributed by atoms with Crippen molar-refractivity contribution in [1.29, 1.82) is 0 Å². The molecule has 1 atom stereocenters. The third-order valence-corrected chi connectivity index (χ3v) is 5.70. The molecule has 0 spiro atoms. The number of rotatable bonds is 4. The first-order valence-corrected chi connectivity index (χ1v) is 12.1. The van der Waals surface area contributed by atoms with Crippen molar-refractivity contribution < 1.29 is 55.3 Å². The van der Waals surface area contributed by atoms with Crippen molar-refractivity contribution in [1.82, 2.24) is 24.7 Å². The Morgan fingerprint density at radius 3 is 2.12 bits per heavy atom. The highest BCUT2D eigenvalue weighted by Crippen LogP contribution is 2.27. The number of carboxylic acids is 2. The molecule has 1 aromatic carbocycles. The molecule has 0 bridgehead atoms. The second-order valence-electron chi connectivity index (χ2n) is 8.79. The van der Waals surface area contributed by atoms with E-state index in [4.69, 9.17) is 24.5 Å². The van der Waals surface area contributed by atoms with E-state index >= 15 is 0 Å². The van der Waals surface area contributed by atoms with Crippen LogP contribution in [0.4, 0.5) is 30.7 Å². The van der Waals surface area contributed by atoms with Crippen LogP contribution in [0.5, 0.6) is 0 Å². The maximum absolute atomic E-state index is 13.1. The van der Waals surface area contributed by atoms with Crippen molar-refractivity contribution in [3.63, 3.8) is 0 Å². The highest BCUT2D eigenvalue weighted by atomic mass is 19.4. The lowest BCUT2D eigenvalue weighted by molar-refractivity contribution is -0.193. The molecule has 2 N–H and O–H groups in total. The van der Waals surface area contributed by atoms with Gasteiger partial charge in [-0.2, -0.15) is 26.3 Å². The lowest BCUT2D eigenvalue weighted by Gasteiger charge is -2.32. The van der Waals surface area contributed by atoms with Crippen molar-refractivity contribution in [3.8, 4) is 11.1 Å². The molecule has 17 heteroatoms. The Morgan fingerprint density at radius 2 is 1.56 bits per heavy atom. The van der Waals surface area contributed by atoms with Crippen LogP contribution in [0.15, 0.2) is 67.1 Å². The first-order valence-electron chi connectivity index (χ1n) is 12.1. The number of halogens is 7. The Hall–Kier alpha value is -4.64. The number of morpholine rings is 1. The number of pyridine rings is 2. The zero-order chi connectivity index (χ0) is 31.8. The highest BCUT2D eigenvalue weighted by Gasteiger charge is 2.38. The fourth-order valence-corrected chi connectivity index (χ4v) is 3.71. The summed E-state index contributed by atoms with van der Waals surface area (Å²) in [7, 11) is 0. The molecule has 1 fully saturated rings. The minimum absolute atomic E-state index is 0.147. The number of ether oxygens (including phenoxy) is 1. The third kappa shape index (κ3) is 9.71. The van der Waals surface area contributed by atoms with Gasteiger partial charge in [-0.3, -0.25) is 9.88 Å². The summed E-state index contributed by atoms with van der Waals surface area (Å²) in [5.41, 5.74) is 4.93. The minimum atomic E-state index is -5.08. The molecular weight excluding hydrogens is 595 g/mol. The molecule has 10 nitrogen and oxygen atoms in total. The van der Waals surface area contributed by atoms with Gasteiger partial charge >= 0.3 is 24.3 Å². The summed E-state index contributed by atoms with van der Waals surface area (Å²) in [6, 6.07) is 14.7. The topological polar surface area (TPSA) is 130 Å². The van der Waals surface area contributed by atoms with Crippen molar-refractivity contribution in [2.24, 2.45) is 0 Å². The van der Waals surface area contributed by atoms with Gasteiger partial charge in [0.15, 0.2) is 0 Å². The molecule has 1 unspecified atom stereocenters. The van der Waals surface area contributed by atoms with E-state index < -0.39 is 24.3 Å². The Labute approximate surface area is 237 Å². The Kier molecular flexibility index (Phi) is 10.7. The average molecular weight is 617 g/mol. The van der Waals surface area contributed by atoms with E-state index in [1.807, 2.05) is 42.7 Å². The summed E-state index contributed by atoms with van der Waals surface area (Å²) in [4.78, 5) is 24.3. The van der Waals surface area contributed by atoms with Crippen molar-refractivity contribution in [3.05, 3.63) is 84.2 Å². The van der Waals surface area contributed by atoms with E-state index in [1.165, 1.54) is 12.1 Å². The number of carboxylic acid groups (broad SMARTS) is 2. The van der Waals surface area contributed by atoms with Gasteiger partial charge in [-0.25, -0.2) is 18.5 Å². The normalized spacial score (nSPS) is 15.6. The summed E-state index contributed by atoms with van der Waals surface area (Å²) in [6.45, 7) is 2.93. The van der Waals surface area contributed by atoms with Gasteiger partial charge in [-0.15, -0.1) is 5.10 Å². The summed E-state index contributed by atoms with van der Waals surface area (Å²) < 4.78 is 84.4. The first-order chi connectivity index (χ1) is 20.1. The summed E-state index contributed by atoms with van der Waals surface area (Å²) in [5, 5.41) is 23.0. The average Bonchev–Trinajstić information content (AvgIpc) is 3.38. The monoisotopic (exact) mass is 617 g/mol. The van der Waals surface area contributed by atoms with Gasteiger partial charge in [-0.1, -0.05) is 29.5 Å². The van der Waals surface area contributed by atoms with E-state index in [0.29, 0.717) is 6.61 Å². The number of alkyl halides is 6. The van der Waals surface area contributed by atoms with Gasteiger partial charge in [0.1, 0.15) is 17.6 Å². The number of benzene rings is 1. The maximum Gasteiger partial charge on any atom is 0.490 e. The number of hydrogen-bond acceptors (Lipinski definition) is 7. The van der Waals surface area contributed by atoms with Crippen LogP contribution in [0.1, 0.15) is 17.4 Å². The molecule has 0 saturated carbocycles. The quantitative estimate of drug-likeness (QED) is 0.311. The molecule has 230 valence electrons. The van der Waals surface area contributed by atoms with Crippen LogP contribution >= 0.6 is 0 Å². The molecule has 0 aliphatic carbocycles. The second kappa shape index (κ2) is 14.0. The SMILES string of the molecule is Fc1ccc(CN2CCOC(c3nnn4cc(-c5cccnc5)ccc34)C2)cc1.O=C(O)C(F)(F)F.O=C(O)C(F)(F)F. The Morgan fingerprint density at radius 1 is 0.930 bits per heavy atom. The minimum Gasteiger partial charge on any atom is -0.475 e. The molecular formula is C26H22F7N5O5. The zero-order valence-electron chi connectivity index (χ0n) is 21.8. The summed E-state index contributed by atoms with van der Waals surface area (Å²) >= 11 is 0. The predicted molar refractivity (Wildman–Crippen MR) is 134 cm³/mol. The molecule has 3 aromatic heterocycles. The lowest BCUT2D eigenvalue weighted by Crippen LogP contribution is -2.38. The predicted octanol–water partition coefficient (Wildman–Crippen LogP) is 4.77. The molecule has 0 radical (unpaired) electrons. The number of hydrogen-bond donors (Lipinski definition) is 2. The van der Waals surface area contributed by atoms with E-state index in [2.05, 4.69) is 26.3 Å². The second-order valence-corrected chi connectivity index (χ2v) is 8.79. The molecule has 4 heterocycles. The van der Waals surface area contributed by atoms with Gasteiger partial charge in [0.25, 0.3) is 0 Å². The van der Waals surface area contributed by atoms with Gasteiger partial charge in [-0.05, 0) is 29.8 Å². The number of nitrogens with zero attached hydrogens (tertiary/aromatic N) is 5. The van der Waals surface area contributed by atoms with Crippen molar-refractivity contribution in [2.75, 3.05) is 19.7 Å². The molecule has 4 aromatic rings. The largest absolute Gasteiger partial charge is 0.490 e. The number of carbonyl (C=O) groups is 2. The van der Waals surface area contributed by atoms with E-state index in [1.54, 1.807) is 10.7 Å². The van der Waals surface area contributed by atoms with Crippen LogP contribution < -0.4 is 0 Å². The fourth-order valence-electron chi connectivity index (χ4n) is 3.71.